The van der Waals surface area contributed by atoms with Gasteiger partial charge in [-0.05, 0) is 26.0 Å². The molecule has 0 radical (unpaired) electrons. The smallest absolute Gasteiger partial charge is 0.292 e. The molecule has 0 saturated carbocycles. The van der Waals surface area contributed by atoms with E-state index in [-0.39, 0.29) is 11.3 Å². The average Bonchev–Trinajstić information content (AvgIpc) is 3.07. The second-order valence-electron chi connectivity index (χ2n) is 7.31. The van der Waals surface area contributed by atoms with Crippen LogP contribution in [0.4, 0.5) is 18.9 Å². The Morgan fingerprint density at radius 1 is 1.29 bits per heavy atom. The van der Waals surface area contributed by atoms with Gasteiger partial charge in [-0.1, -0.05) is 29.3 Å². The summed E-state index contributed by atoms with van der Waals surface area (Å²) in [4.78, 5) is 34.8. The zero-order valence-corrected chi connectivity index (χ0v) is 17.4. The Labute approximate surface area is 181 Å². The van der Waals surface area contributed by atoms with Crippen LogP contribution in [0.1, 0.15) is 18.1 Å². The van der Waals surface area contributed by atoms with Crippen LogP contribution in [-0.4, -0.2) is 52.6 Å². The number of ether oxygens (including phenoxy) is 1. The van der Waals surface area contributed by atoms with Crippen LogP contribution in [0.2, 0.25) is 0 Å². The SMILES string of the molecule is Cc1ccc(N(C(=O)[C@H](F)Cl)[C@](C)(C(=O)NC2COCC2(F)F)c2cncnc2)cc1. The predicted octanol–water partition coefficient (Wildman–Crippen LogP) is 2.72. The maximum Gasteiger partial charge on any atom is 0.292 e. The molecule has 3 atom stereocenters. The van der Waals surface area contributed by atoms with Gasteiger partial charge in [0.25, 0.3) is 23.4 Å². The van der Waals surface area contributed by atoms with E-state index in [1.54, 1.807) is 19.1 Å². The van der Waals surface area contributed by atoms with Gasteiger partial charge >= 0.3 is 0 Å². The molecule has 2 heterocycles. The molecule has 1 aromatic heterocycles. The lowest BCUT2D eigenvalue weighted by molar-refractivity contribution is -0.133. The molecule has 11 heteroatoms. The number of hydrogen-bond acceptors (Lipinski definition) is 5. The van der Waals surface area contributed by atoms with Crippen molar-refractivity contribution < 1.29 is 27.5 Å². The fourth-order valence-electron chi connectivity index (χ4n) is 3.29. The summed E-state index contributed by atoms with van der Waals surface area (Å²) in [7, 11) is 0. The quantitative estimate of drug-likeness (QED) is 0.676. The first-order valence-corrected chi connectivity index (χ1v) is 9.72. The van der Waals surface area contributed by atoms with Gasteiger partial charge in [-0.2, -0.15) is 0 Å². The van der Waals surface area contributed by atoms with Gasteiger partial charge < -0.3 is 10.1 Å². The van der Waals surface area contributed by atoms with Crippen LogP contribution in [0.3, 0.4) is 0 Å². The van der Waals surface area contributed by atoms with Crippen molar-refractivity contribution >= 4 is 29.1 Å². The minimum atomic E-state index is -3.31. The van der Waals surface area contributed by atoms with Crippen molar-refractivity contribution in [2.45, 2.75) is 37.0 Å². The molecular weight excluding hydrogens is 437 g/mol. The lowest BCUT2D eigenvalue weighted by Gasteiger charge is -2.40. The fraction of sp³-hybridized carbons (Fsp3) is 0.400. The fourth-order valence-corrected chi connectivity index (χ4v) is 3.39. The Hall–Kier alpha value is -2.72. The standard InChI is InChI=1S/C20H20ClF3N4O3/c1-12-3-5-14(6-4-12)28(17(29)16(21)22)19(2,13-7-25-11-26-8-13)18(30)27-15-9-31-10-20(15,23)24/h3-8,11,15-16H,9-10H2,1-2H3,(H,27,30)/t15?,16-,19-/m0/s1. The van der Waals surface area contributed by atoms with Crippen LogP contribution < -0.4 is 10.2 Å². The van der Waals surface area contributed by atoms with Crippen molar-refractivity contribution in [2.75, 3.05) is 18.1 Å². The van der Waals surface area contributed by atoms with Crippen molar-refractivity contribution in [1.29, 1.82) is 0 Å². The minimum Gasteiger partial charge on any atom is -0.373 e. The number of benzene rings is 1. The zero-order valence-electron chi connectivity index (χ0n) is 16.7. The number of anilines is 1. The van der Waals surface area contributed by atoms with Gasteiger partial charge in [0, 0.05) is 23.6 Å². The van der Waals surface area contributed by atoms with Crippen molar-refractivity contribution in [3.05, 3.63) is 54.1 Å². The molecule has 2 amide bonds. The number of carbonyl (C=O) groups excluding carboxylic acids is 2. The number of hydrogen-bond donors (Lipinski definition) is 1. The zero-order chi connectivity index (χ0) is 22.8. The highest BCUT2D eigenvalue weighted by Crippen LogP contribution is 2.36. The number of nitrogens with zero attached hydrogens (tertiary/aromatic N) is 3. The van der Waals surface area contributed by atoms with Crippen molar-refractivity contribution in [1.82, 2.24) is 15.3 Å². The number of alkyl halides is 4. The van der Waals surface area contributed by atoms with E-state index >= 15 is 0 Å². The number of carbonyl (C=O) groups is 2. The van der Waals surface area contributed by atoms with E-state index in [1.807, 2.05) is 0 Å². The largest absolute Gasteiger partial charge is 0.373 e. The third-order valence-electron chi connectivity index (χ3n) is 5.11. The summed E-state index contributed by atoms with van der Waals surface area (Å²) < 4.78 is 47.0. The van der Waals surface area contributed by atoms with E-state index < -0.39 is 48.2 Å². The monoisotopic (exact) mass is 456 g/mol. The van der Waals surface area contributed by atoms with Gasteiger partial charge in [0.05, 0.1) is 6.61 Å². The number of rotatable bonds is 6. The lowest BCUT2D eigenvalue weighted by atomic mass is 9.89. The van der Waals surface area contributed by atoms with E-state index in [1.165, 1.54) is 37.8 Å². The van der Waals surface area contributed by atoms with Gasteiger partial charge in [0.2, 0.25) is 0 Å². The maximum absolute atomic E-state index is 14.1. The first-order valence-electron chi connectivity index (χ1n) is 9.28. The Balaban J connectivity index is 2.14. The van der Waals surface area contributed by atoms with Crippen molar-refractivity contribution in [2.24, 2.45) is 0 Å². The average molecular weight is 457 g/mol. The molecule has 0 spiro atoms. The van der Waals surface area contributed by atoms with Crippen molar-refractivity contribution in [3.8, 4) is 0 Å². The summed E-state index contributed by atoms with van der Waals surface area (Å²) in [5.74, 6) is -5.55. The van der Waals surface area contributed by atoms with E-state index in [0.717, 1.165) is 10.5 Å². The summed E-state index contributed by atoms with van der Waals surface area (Å²) in [5.41, 5.74) is -3.45. The Morgan fingerprint density at radius 3 is 2.42 bits per heavy atom. The van der Waals surface area contributed by atoms with Crippen LogP contribution in [0.25, 0.3) is 0 Å². The van der Waals surface area contributed by atoms with Gasteiger partial charge in [-0.25, -0.2) is 23.1 Å². The summed E-state index contributed by atoms with van der Waals surface area (Å²) >= 11 is 5.46. The number of aromatic nitrogens is 2. The third-order valence-corrected chi connectivity index (χ3v) is 5.29. The Bertz CT molecular complexity index is 946. The van der Waals surface area contributed by atoms with Gasteiger partial charge in [0.15, 0.2) is 5.54 Å². The second-order valence-corrected chi connectivity index (χ2v) is 7.69. The topological polar surface area (TPSA) is 84.4 Å². The van der Waals surface area contributed by atoms with Crippen LogP contribution in [0, 0.1) is 6.92 Å². The van der Waals surface area contributed by atoms with Crippen LogP contribution >= 0.6 is 11.6 Å². The highest BCUT2D eigenvalue weighted by atomic mass is 35.5. The predicted molar refractivity (Wildman–Crippen MR) is 106 cm³/mol. The normalized spacial score (nSPS) is 20.5. The van der Waals surface area contributed by atoms with Crippen molar-refractivity contribution in [3.63, 3.8) is 0 Å². The Morgan fingerprint density at radius 2 is 1.90 bits per heavy atom. The Kier molecular flexibility index (Phi) is 6.51. The molecular formula is C20H20ClF3N4O3. The second kappa shape index (κ2) is 8.80. The molecule has 0 aliphatic carbocycles. The van der Waals surface area contributed by atoms with Gasteiger partial charge in [-0.15, -0.1) is 0 Å². The molecule has 1 aromatic carbocycles. The van der Waals surface area contributed by atoms with E-state index in [4.69, 9.17) is 16.3 Å². The molecule has 2 aromatic rings. The highest BCUT2D eigenvalue weighted by molar-refractivity contribution is 6.32. The van der Waals surface area contributed by atoms with Crippen LogP contribution in [-0.2, 0) is 19.9 Å². The summed E-state index contributed by atoms with van der Waals surface area (Å²) in [6.45, 7) is 1.82. The molecule has 3 rings (SSSR count). The number of nitrogens with one attached hydrogen (secondary N) is 1. The third kappa shape index (κ3) is 4.49. The molecule has 7 nitrogen and oxygen atoms in total. The number of aryl methyl sites for hydroxylation is 1. The molecule has 1 N–H and O–H groups in total. The molecule has 1 saturated heterocycles. The molecule has 1 fully saturated rings. The van der Waals surface area contributed by atoms with E-state index in [9.17, 15) is 22.8 Å². The molecule has 166 valence electrons. The molecule has 1 aliphatic heterocycles. The van der Waals surface area contributed by atoms with Crippen LogP contribution in [0.5, 0.6) is 0 Å². The van der Waals surface area contributed by atoms with Gasteiger partial charge in [0.1, 0.15) is 19.0 Å². The summed E-state index contributed by atoms with van der Waals surface area (Å²) in [6, 6.07) is 4.66. The van der Waals surface area contributed by atoms with E-state index in [0.29, 0.717) is 0 Å². The minimum absolute atomic E-state index is 0.0703. The highest BCUT2D eigenvalue weighted by Gasteiger charge is 2.52. The molecule has 0 bridgehead atoms. The first-order chi connectivity index (χ1) is 14.6. The summed E-state index contributed by atoms with van der Waals surface area (Å²) in [6.07, 6.45) is 3.68. The van der Waals surface area contributed by atoms with Crippen LogP contribution in [0.15, 0.2) is 43.0 Å². The first kappa shape index (κ1) is 23.0. The van der Waals surface area contributed by atoms with E-state index in [2.05, 4.69) is 15.3 Å². The van der Waals surface area contributed by atoms with Gasteiger partial charge in [-0.3, -0.25) is 14.5 Å². The lowest BCUT2D eigenvalue weighted by Crippen LogP contribution is -2.61. The number of amides is 2. The molecule has 31 heavy (non-hydrogen) atoms. The number of halogens is 4. The maximum atomic E-state index is 14.1. The molecule has 1 unspecified atom stereocenters. The molecule has 1 aliphatic rings. The summed E-state index contributed by atoms with van der Waals surface area (Å²) in [5, 5.41) is 2.23.